The van der Waals surface area contributed by atoms with Gasteiger partial charge in [-0.1, -0.05) is 24.3 Å². The first-order chi connectivity index (χ1) is 12.7. The monoisotopic (exact) mass is 354 g/mol. The quantitative estimate of drug-likeness (QED) is 0.829. The van der Waals surface area contributed by atoms with E-state index in [1.54, 1.807) is 32.4 Å². The van der Waals surface area contributed by atoms with Gasteiger partial charge in [0.1, 0.15) is 11.5 Å². The predicted octanol–water partition coefficient (Wildman–Crippen LogP) is 3.23. The van der Waals surface area contributed by atoms with Crippen molar-refractivity contribution in [2.24, 2.45) is 0 Å². The van der Waals surface area contributed by atoms with E-state index in [-0.39, 0.29) is 5.91 Å². The molecule has 5 nitrogen and oxygen atoms in total. The Morgan fingerprint density at radius 1 is 1.00 bits per heavy atom. The Morgan fingerprint density at radius 2 is 1.65 bits per heavy atom. The molecule has 1 saturated heterocycles. The second kappa shape index (κ2) is 8.72. The third kappa shape index (κ3) is 4.76. The molecule has 1 heterocycles. The van der Waals surface area contributed by atoms with E-state index < -0.39 is 0 Å². The highest BCUT2D eigenvalue weighted by molar-refractivity contribution is 5.95. The van der Waals surface area contributed by atoms with Crippen molar-refractivity contribution in [2.45, 2.75) is 25.9 Å². The Kier molecular flexibility index (Phi) is 6.12. The second-order valence-corrected chi connectivity index (χ2v) is 6.59. The first-order valence-corrected chi connectivity index (χ1v) is 8.99. The molecule has 1 aliphatic rings. The number of hydrogen-bond donors (Lipinski definition) is 1. The number of nitrogens with one attached hydrogen (secondary N) is 1. The number of nitrogens with zero attached hydrogens (tertiary/aromatic N) is 1. The van der Waals surface area contributed by atoms with E-state index in [9.17, 15) is 4.79 Å². The number of amides is 1. The first kappa shape index (κ1) is 18.3. The summed E-state index contributed by atoms with van der Waals surface area (Å²) in [6.07, 6.45) is 2.58. The molecule has 0 aromatic heterocycles. The summed E-state index contributed by atoms with van der Waals surface area (Å²) < 4.78 is 10.4. The van der Waals surface area contributed by atoms with E-state index in [2.05, 4.69) is 28.4 Å². The van der Waals surface area contributed by atoms with E-state index in [0.717, 1.165) is 12.1 Å². The Balaban J connectivity index is 1.62. The number of hydrogen-bond acceptors (Lipinski definition) is 4. The maximum absolute atomic E-state index is 12.5. The summed E-state index contributed by atoms with van der Waals surface area (Å²) in [4.78, 5) is 15.0. The minimum Gasteiger partial charge on any atom is -0.497 e. The van der Waals surface area contributed by atoms with Crippen molar-refractivity contribution >= 4 is 5.91 Å². The summed E-state index contributed by atoms with van der Waals surface area (Å²) in [6.45, 7) is 3.83. The molecular formula is C21H26N2O3. The van der Waals surface area contributed by atoms with Gasteiger partial charge in [-0.05, 0) is 49.2 Å². The molecule has 0 bridgehead atoms. The zero-order valence-electron chi connectivity index (χ0n) is 15.5. The number of carbonyl (C=O) groups is 1. The maximum atomic E-state index is 12.5. The fourth-order valence-corrected chi connectivity index (χ4v) is 3.26. The van der Waals surface area contributed by atoms with Crippen LogP contribution in [-0.4, -0.2) is 38.1 Å². The smallest absolute Gasteiger partial charge is 0.251 e. The average Bonchev–Trinajstić information content (AvgIpc) is 3.19. The van der Waals surface area contributed by atoms with Crippen molar-refractivity contribution in [1.29, 1.82) is 0 Å². The minimum absolute atomic E-state index is 0.146. The predicted molar refractivity (Wildman–Crippen MR) is 102 cm³/mol. The van der Waals surface area contributed by atoms with Crippen LogP contribution in [-0.2, 0) is 13.1 Å². The summed E-state index contributed by atoms with van der Waals surface area (Å²) in [5.74, 6) is 1.05. The van der Waals surface area contributed by atoms with Crippen LogP contribution in [0.2, 0.25) is 0 Å². The molecule has 26 heavy (non-hydrogen) atoms. The summed E-state index contributed by atoms with van der Waals surface area (Å²) in [7, 11) is 3.14. The van der Waals surface area contributed by atoms with E-state index in [1.807, 2.05) is 6.07 Å². The lowest BCUT2D eigenvalue weighted by molar-refractivity contribution is 0.0950. The van der Waals surface area contributed by atoms with Crippen molar-refractivity contribution in [3.8, 4) is 11.5 Å². The lowest BCUT2D eigenvalue weighted by atomic mass is 10.1. The van der Waals surface area contributed by atoms with Crippen LogP contribution in [0.4, 0.5) is 0 Å². The molecule has 0 unspecified atom stereocenters. The fraction of sp³-hybridized carbons (Fsp3) is 0.381. The number of likely N-dealkylation sites (tertiary alicyclic amines) is 1. The SMILES string of the molecule is COc1cc(OC)cc(C(=O)NCc2cccc(CN3CCCC3)c2)c1. The molecule has 0 saturated carbocycles. The third-order valence-corrected chi connectivity index (χ3v) is 4.66. The van der Waals surface area contributed by atoms with Crippen LogP contribution in [0.3, 0.4) is 0 Å². The van der Waals surface area contributed by atoms with Crippen LogP contribution in [0.5, 0.6) is 11.5 Å². The number of benzene rings is 2. The molecule has 138 valence electrons. The normalized spacial score (nSPS) is 14.2. The van der Waals surface area contributed by atoms with Crippen LogP contribution < -0.4 is 14.8 Å². The summed E-state index contributed by atoms with van der Waals surface area (Å²) in [5.41, 5.74) is 2.92. The van der Waals surface area contributed by atoms with Gasteiger partial charge in [0.25, 0.3) is 5.91 Å². The van der Waals surface area contributed by atoms with Gasteiger partial charge in [-0.15, -0.1) is 0 Å². The van der Waals surface area contributed by atoms with E-state index in [4.69, 9.17) is 9.47 Å². The van der Waals surface area contributed by atoms with Gasteiger partial charge in [0.15, 0.2) is 0 Å². The topological polar surface area (TPSA) is 50.8 Å². The molecular weight excluding hydrogens is 328 g/mol. The first-order valence-electron chi connectivity index (χ1n) is 8.99. The van der Waals surface area contributed by atoms with Gasteiger partial charge in [-0.25, -0.2) is 0 Å². The highest BCUT2D eigenvalue weighted by Crippen LogP contribution is 2.22. The van der Waals surface area contributed by atoms with Crippen molar-refractivity contribution < 1.29 is 14.3 Å². The van der Waals surface area contributed by atoms with Gasteiger partial charge in [0.05, 0.1) is 14.2 Å². The van der Waals surface area contributed by atoms with Crippen LogP contribution in [0.25, 0.3) is 0 Å². The van der Waals surface area contributed by atoms with E-state index in [1.165, 1.54) is 31.5 Å². The molecule has 1 N–H and O–H groups in total. The zero-order valence-corrected chi connectivity index (χ0v) is 15.5. The van der Waals surface area contributed by atoms with Gasteiger partial charge < -0.3 is 14.8 Å². The lowest BCUT2D eigenvalue weighted by Gasteiger charge is -2.15. The van der Waals surface area contributed by atoms with Crippen LogP contribution in [0.15, 0.2) is 42.5 Å². The van der Waals surface area contributed by atoms with E-state index >= 15 is 0 Å². The highest BCUT2D eigenvalue weighted by Gasteiger charge is 2.12. The van der Waals surface area contributed by atoms with Gasteiger partial charge in [0, 0.05) is 24.7 Å². The van der Waals surface area contributed by atoms with Crippen molar-refractivity contribution in [3.05, 3.63) is 59.2 Å². The van der Waals surface area contributed by atoms with Crippen molar-refractivity contribution in [2.75, 3.05) is 27.3 Å². The summed E-state index contributed by atoms with van der Waals surface area (Å²) in [6, 6.07) is 13.6. The van der Waals surface area contributed by atoms with E-state index in [0.29, 0.717) is 23.6 Å². The molecule has 1 fully saturated rings. The Bertz CT molecular complexity index is 732. The molecule has 0 spiro atoms. The van der Waals surface area contributed by atoms with Crippen LogP contribution >= 0.6 is 0 Å². The van der Waals surface area contributed by atoms with Gasteiger partial charge in [-0.2, -0.15) is 0 Å². The maximum Gasteiger partial charge on any atom is 0.251 e. The molecule has 2 aromatic carbocycles. The Morgan fingerprint density at radius 3 is 2.31 bits per heavy atom. The lowest BCUT2D eigenvalue weighted by Crippen LogP contribution is -2.23. The highest BCUT2D eigenvalue weighted by atomic mass is 16.5. The standard InChI is InChI=1S/C21H26N2O3/c1-25-19-11-18(12-20(13-19)26-2)21(24)22-14-16-6-5-7-17(10-16)15-23-8-3-4-9-23/h5-7,10-13H,3-4,8-9,14-15H2,1-2H3,(H,22,24). The van der Waals surface area contributed by atoms with Gasteiger partial charge >= 0.3 is 0 Å². The molecule has 0 radical (unpaired) electrons. The van der Waals surface area contributed by atoms with Crippen molar-refractivity contribution in [3.63, 3.8) is 0 Å². The Labute approximate surface area is 154 Å². The third-order valence-electron chi connectivity index (χ3n) is 4.66. The van der Waals surface area contributed by atoms with Crippen molar-refractivity contribution in [1.82, 2.24) is 10.2 Å². The Hall–Kier alpha value is -2.53. The fourth-order valence-electron chi connectivity index (χ4n) is 3.26. The number of methoxy groups -OCH3 is 2. The molecule has 3 rings (SSSR count). The van der Waals surface area contributed by atoms with Gasteiger partial charge in [0.2, 0.25) is 0 Å². The number of ether oxygens (including phenoxy) is 2. The summed E-state index contributed by atoms with van der Waals surface area (Å²) in [5, 5.41) is 2.98. The summed E-state index contributed by atoms with van der Waals surface area (Å²) >= 11 is 0. The zero-order chi connectivity index (χ0) is 18.4. The average molecular weight is 354 g/mol. The molecule has 2 aromatic rings. The van der Waals surface area contributed by atoms with Crippen LogP contribution in [0.1, 0.15) is 34.3 Å². The largest absolute Gasteiger partial charge is 0.497 e. The number of carbonyl (C=O) groups excluding carboxylic acids is 1. The number of rotatable bonds is 7. The molecule has 0 aliphatic carbocycles. The molecule has 5 heteroatoms. The minimum atomic E-state index is -0.146. The molecule has 1 aliphatic heterocycles. The van der Waals surface area contributed by atoms with Crippen LogP contribution in [0, 0.1) is 0 Å². The van der Waals surface area contributed by atoms with Gasteiger partial charge in [-0.3, -0.25) is 9.69 Å². The second-order valence-electron chi connectivity index (χ2n) is 6.59. The molecule has 1 amide bonds. The molecule has 0 atom stereocenters.